The Morgan fingerprint density at radius 1 is 0.870 bits per heavy atom. The third kappa shape index (κ3) is 3.13. The molecule has 1 heterocycles. The molecule has 0 saturated carbocycles. The van der Waals surface area contributed by atoms with E-state index in [1.54, 1.807) is 24.3 Å². The lowest BCUT2D eigenvalue weighted by molar-refractivity contribution is 0.475. The van der Waals surface area contributed by atoms with Crippen molar-refractivity contribution in [2.75, 3.05) is 0 Å². The van der Waals surface area contributed by atoms with Crippen LogP contribution in [0.5, 0.6) is 5.75 Å². The molecule has 0 unspecified atom stereocenters. The molecule has 0 saturated heterocycles. The van der Waals surface area contributed by atoms with Gasteiger partial charge in [0.25, 0.3) is 0 Å². The quantitative estimate of drug-likeness (QED) is 0.698. The predicted octanol–water partition coefficient (Wildman–Crippen LogP) is 4.92. The first-order valence-electron chi connectivity index (χ1n) is 7.38. The number of hydrogen-bond acceptors (Lipinski definition) is 4. The van der Waals surface area contributed by atoms with Crippen LogP contribution in [0.25, 0.3) is 5.69 Å². The number of phenolic OH excluding ortho intramolecular Hbond substituents is 1. The van der Waals surface area contributed by atoms with Crippen LogP contribution in [0.1, 0.15) is 17.0 Å². The molecule has 1 aromatic heterocycles. The van der Waals surface area contributed by atoms with Crippen molar-refractivity contribution in [3.63, 3.8) is 0 Å². The molecule has 23 heavy (non-hydrogen) atoms. The van der Waals surface area contributed by atoms with Crippen molar-refractivity contribution < 1.29 is 5.11 Å². The number of azo groups is 1. The van der Waals surface area contributed by atoms with Crippen LogP contribution in [-0.2, 0) is 0 Å². The summed E-state index contributed by atoms with van der Waals surface area (Å²) < 4.78 is 1.87. The maximum atomic E-state index is 9.29. The van der Waals surface area contributed by atoms with Crippen LogP contribution in [0.3, 0.4) is 0 Å². The second-order valence-electron chi connectivity index (χ2n) is 5.48. The number of hydrogen-bond donors (Lipinski definition) is 1. The van der Waals surface area contributed by atoms with E-state index in [0.29, 0.717) is 5.69 Å². The van der Waals surface area contributed by atoms with E-state index < -0.39 is 0 Å². The summed E-state index contributed by atoms with van der Waals surface area (Å²) >= 11 is 0. The Morgan fingerprint density at radius 3 is 2.17 bits per heavy atom. The highest BCUT2D eigenvalue weighted by molar-refractivity contribution is 5.50. The van der Waals surface area contributed by atoms with E-state index in [0.717, 1.165) is 22.8 Å². The Labute approximate surface area is 134 Å². The van der Waals surface area contributed by atoms with Crippen molar-refractivity contribution in [1.29, 1.82) is 0 Å². The van der Waals surface area contributed by atoms with Crippen molar-refractivity contribution in [2.45, 2.75) is 20.8 Å². The molecule has 5 heteroatoms. The second-order valence-corrected chi connectivity index (χ2v) is 5.48. The van der Waals surface area contributed by atoms with E-state index in [1.807, 2.05) is 30.7 Å². The van der Waals surface area contributed by atoms with Crippen molar-refractivity contribution in [2.24, 2.45) is 10.2 Å². The summed E-state index contributed by atoms with van der Waals surface area (Å²) in [6.45, 7) is 5.95. The fourth-order valence-electron chi connectivity index (χ4n) is 2.34. The summed E-state index contributed by atoms with van der Waals surface area (Å²) in [5.74, 6) is 0.212. The van der Waals surface area contributed by atoms with Crippen LogP contribution in [-0.4, -0.2) is 14.9 Å². The molecule has 3 rings (SSSR count). The Hall–Kier alpha value is -2.95. The lowest BCUT2D eigenvalue weighted by Gasteiger charge is -2.04. The summed E-state index contributed by atoms with van der Waals surface area (Å²) in [4.78, 5) is 0. The molecule has 0 bridgehead atoms. The summed E-state index contributed by atoms with van der Waals surface area (Å²) in [5.41, 5.74) is 5.42. The van der Waals surface area contributed by atoms with Gasteiger partial charge in [-0.15, -0.1) is 5.11 Å². The highest BCUT2D eigenvalue weighted by Gasteiger charge is 2.12. The molecule has 2 aromatic carbocycles. The van der Waals surface area contributed by atoms with Gasteiger partial charge < -0.3 is 5.11 Å². The van der Waals surface area contributed by atoms with Gasteiger partial charge in [-0.2, -0.15) is 10.2 Å². The lowest BCUT2D eigenvalue weighted by atomic mass is 10.2. The summed E-state index contributed by atoms with van der Waals surface area (Å²) in [6, 6.07) is 14.8. The number of aromatic hydroxyl groups is 1. The summed E-state index contributed by atoms with van der Waals surface area (Å²) in [6.07, 6.45) is 0. The number of aryl methyl sites for hydroxylation is 2. The number of phenols is 1. The summed E-state index contributed by atoms with van der Waals surface area (Å²) in [5, 5.41) is 22.4. The molecular formula is C18H18N4O. The van der Waals surface area contributed by atoms with E-state index in [1.165, 1.54) is 5.56 Å². The zero-order valence-electron chi connectivity index (χ0n) is 13.4. The minimum Gasteiger partial charge on any atom is -0.508 e. The first-order chi connectivity index (χ1) is 11.0. The van der Waals surface area contributed by atoms with Crippen LogP contribution >= 0.6 is 0 Å². The average Bonchev–Trinajstić information content (AvgIpc) is 2.82. The molecule has 5 nitrogen and oxygen atoms in total. The topological polar surface area (TPSA) is 62.8 Å². The number of aromatic nitrogens is 2. The average molecular weight is 306 g/mol. The maximum Gasteiger partial charge on any atom is 0.130 e. The Morgan fingerprint density at radius 2 is 1.52 bits per heavy atom. The largest absolute Gasteiger partial charge is 0.508 e. The molecule has 0 aliphatic heterocycles. The molecule has 3 aromatic rings. The smallest absolute Gasteiger partial charge is 0.130 e. The Bertz CT molecular complexity index is 846. The molecule has 0 fully saturated rings. The fourth-order valence-corrected chi connectivity index (χ4v) is 2.34. The maximum absolute atomic E-state index is 9.29. The van der Waals surface area contributed by atoms with Crippen LogP contribution in [0, 0.1) is 20.8 Å². The highest BCUT2D eigenvalue weighted by Crippen LogP contribution is 2.28. The molecule has 0 aliphatic rings. The van der Waals surface area contributed by atoms with Gasteiger partial charge in [0.05, 0.1) is 22.8 Å². The number of benzene rings is 2. The van der Waals surface area contributed by atoms with Gasteiger partial charge in [0.2, 0.25) is 0 Å². The van der Waals surface area contributed by atoms with Crippen LogP contribution in [0.15, 0.2) is 58.8 Å². The molecule has 0 atom stereocenters. The van der Waals surface area contributed by atoms with Gasteiger partial charge in [-0.3, -0.25) is 0 Å². The standard InChI is InChI=1S/C18H18N4O/c1-12-4-8-16(9-5-12)22-14(3)18(13(2)21-22)20-19-15-6-10-17(23)11-7-15/h4-11,23H,1-3H3. The zero-order valence-corrected chi connectivity index (χ0v) is 13.4. The zero-order chi connectivity index (χ0) is 16.4. The molecule has 0 aliphatic carbocycles. The number of nitrogens with zero attached hydrogens (tertiary/aromatic N) is 4. The van der Waals surface area contributed by atoms with E-state index >= 15 is 0 Å². The van der Waals surface area contributed by atoms with Gasteiger partial charge in [0, 0.05) is 0 Å². The summed E-state index contributed by atoms with van der Waals surface area (Å²) in [7, 11) is 0. The van der Waals surface area contributed by atoms with Crippen molar-refractivity contribution in [3.8, 4) is 11.4 Å². The lowest BCUT2D eigenvalue weighted by Crippen LogP contribution is -1.98. The molecule has 0 radical (unpaired) electrons. The molecule has 116 valence electrons. The molecule has 0 spiro atoms. The first-order valence-corrected chi connectivity index (χ1v) is 7.38. The third-order valence-corrected chi connectivity index (χ3v) is 3.65. The van der Waals surface area contributed by atoms with E-state index in [4.69, 9.17) is 0 Å². The van der Waals surface area contributed by atoms with Gasteiger partial charge in [0.1, 0.15) is 11.4 Å². The van der Waals surface area contributed by atoms with Gasteiger partial charge in [0.15, 0.2) is 0 Å². The van der Waals surface area contributed by atoms with E-state index in [-0.39, 0.29) is 5.75 Å². The minimum atomic E-state index is 0.212. The monoisotopic (exact) mass is 306 g/mol. The van der Waals surface area contributed by atoms with Crippen LogP contribution in [0.2, 0.25) is 0 Å². The van der Waals surface area contributed by atoms with E-state index in [2.05, 4.69) is 34.4 Å². The van der Waals surface area contributed by atoms with Crippen LogP contribution in [0.4, 0.5) is 11.4 Å². The Balaban J connectivity index is 1.94. The molecule has 1 N–H and O–H groups in total. The van der Waals surface area contributed by atoms with Crippen molar-refractivity contribution >= 4 is 11.4 Å². The first kappa shape index (κ1) is 15.0. The second kappa shape index (κ2) is 6.04. The van der Waals surface area contributed by atoms with Gasteiger partial charge >= 0.3 is 0 Å². The van der Waals surface area contributed by atoms with Crippen LogP contribution < -0.4 is 0 Å². The molecule has 0 amide bonds. The van der Waals surface area contributed by atoms with Crippen molar-refractivity contribution in [1.82, 2.24) is 9.78 Å². The third-order valence-electron chi connectivity index (χ3n) is 3.65. The van der Waals surface area contributed by atoms with Crippen molar-refractivity contribution in [3.05, 3.63) is 65.5 Å². The van der Waals surface area contributed by atoms with E-state index in [9.17, 15) is 5.11 Å². The normalized spacial score (nSPS) is 11.3. The van der Waals surface area contributed by atoms with Gasteiger partial charge in [-0.25, -0.2) is 4.68 Å². The highest BCUT2D eigenvalue weighted by atomic mass is 16.3. The van der Waals surface area contributed by atoms with Gasteiger partial charge in [-0.1, -0.05) is 17.7 Å². The fraction of sp³-hybridized carbons (Fsp3) is 0.167. The minimum absolute atomic E-state index is 0.212. The molecular weight excluding hydrogens is 288 g/mol. The predicted molar refractivity (Wildman–Crippen MR) is 90.1 cm³/mol. The SMILES string of the molecule is Cc1ccc(-n2nc(C)c(N=Nc3ccc(O)cc3)c2C)cc1. The number of rotatable bonds is 3. The van der Waals surface area contributed by atoms with Gasteiger partial charge in [-0.05, 0) is 57.2 Å². The Kier molecular flexibility index (Phi) is 3.93.